The highest BCUT2D eigenvalue weighted by Crippen LogP contribution is 2.29. The SMILES string of the molecule is NCc1cn(CC(=O)NC2(C(=O)O)CCCC2)nn1. The Labute approximate surface area is 110 Å². The number of carbonyl (C=O) groups excluding carboxylic acids is 1. The van der Waals surface area contributed by atoms with E-state index >= 15 is 0 Å². The van der Waals surface area contributed by atoms with Crippen molar-refractivity contribution in [2.45, 2.75) is 44.3 Å². The molecule has 0 radical (unpaired) electrons. The first-order valence-electron chi connectivity index (χ1n) is 6.19. The molecule has 4 N–H and O–H groups in total. The van der Waals surface area contributed by atoms with E-state index in [1.165, 1.54) is 4.68 Å². The summed E-state index contributed by atoms with van der Waals surface area (Å²) in [5, 5.41) is 19.4. The Morgan fingerprint density at radius 1 is 1.47 bits per heavy atom. The van der Waals surface area contributed by atoms with Gasteiger partial charge in [-0.3, -0.25) is 4.79 Å². The maximum atomic E-state index is 11.9. The van der Waals surface area contributed by atoms with Crippen molar-refractivity contribution in [3.63, 3.8) is 0 Å². The van der Waals surface area contributed by atoms with Gasteiger partial charge in [0.1, 0.15) is 12.1 Å². The second-order valence-corrected chi connectivity index (χ2v) is 4.75. The maximum Gasteiger partial charge on any atom is 0.329 e. The van der Waals surface area contributed by atoms with Gasteiger partial charge in [0.15, 0.2) is 0 Å². The molecule has 8 nitrogen and oxygen atoms in total. The molecule has 1 aliphatic carbocycles. The molecule has 0 aliphatic heterocycles. The Bertz CT molecular complexity index is 478. The minimum absolute atomic E-state index is 0.0535. The van der Waals surface area contributed by atoms with Crippen molar-refractivity contribution in [1.82, 2.24) is 20.3 Å². The van der Waals surface area contributed by atoms with Gasteiger partial charge >= 0.3 is 5.97 Å². The smallest absolute Gasteiger partial charge is 0.329 e. The van der Waals surface area contributed by atoms with Crippen LogP contribution in [0.5, 0.6) is 0 Å². The van der Waals surface area contributed by atoms with Crippen LogP contribution in [0.4, 0.5) is 0 Å². The van der Waals surface area contributed by atoms with Gasteiger partial charge in [0.2, 0.25) is 5.91 Å². The number of hydrogen-bond donors (Lipinski definition) is 3. The number of aromatic nitrogens is 3. The highest BCUT2D eigenvalue weighted by molar-refractivity contribution is 5.87. The number of hydrogen-bond acceptors (Lipinski definition) is 5. The molecule has 0 atom stereocenters. The average molecular weight is 267 g/mol. The lowest BCUT2D eigenvalue weighted by Gasteiger charge is -2.25. The van der Waals surface area contributed by atoms with E-state index in [0.29, 0.717) is 18.5 Å². The van der Waals surface area contributed by atoms with Crippen molar-refractivity contribution in [3.05, 3.63) is 11.9 Å². The molecule has 19 heavy (non-hydrogen) atoms. The fourth-order valence-corrected chi connectivity index (χ4v) is 2.33. The first-order chi connectivity index (χ1) is 9.05. The van der Waals surface area contributed by atoms with Crippen LogP contribution in [0.2, 0.25) is 0 Å². The van der Waals surface area contributed by atoms with Crippen LogP contribution >= 0.6 is 0 Å². The summed E-state index contributed by atoms with van der Waals surface area (Å²) >= 11 is 0. The van der Waals surface area contributed by atoms with Crippen molar-refractivity contribution in [3.8, 4) is 0 Å². The van der Waals surface area contributed by atoms with Crippen LogP contribution in [0, 0.1) is 0 Å². The monoisotopic (exact) mass is 267 g/mol. The summed E-state index contributed by atoms with van der Waals surface area (Å²) in [7, 11) is 0. The molecule has 1 saturated carbocycles. The molecule has 0 bridgehead atoms. The molecule has 1 heterocycles. The molecule has 1 fully saturated rings. The molecule has 1 aliphatic rings. The van der Waals surface area contributed by atoms with Gasteiger partial charge in [-0.15, -0.1) is 5.10 Å². The number of rotatable bonds is 5. The normalized spacial score (nSPS) is 17.3. The van der Waals surface area contributed by atoms with Crippen LogP contribution in [0.1, 0.15) is 31.4 Å². The summed E-state index contributed by atoms with van der Waals surface area (Å²) in [5.41, 5.74) is 4.86. The summed E-state index contributed by atoms with van der Waals surface area (Å²) in [6.07, 6.45) is 4.14. The Balaban J connectivity index is 1.98. The van der Waals surface area contributed by atoms with Crippen molar-refractivity contribution >= 4 is 11.9 Å². The van der Waals surface area contributed by atoms with Crippen molar-refractivity contribution in [2.24, 2.45) is 5.73 Å². The molecule has 0 unspecified atom stereocenters. The minimum Gasteiger partial charge on any atom is -0.480 e. The molecule has 1 aromatic heterocycles. The Morgan fingerprint density at radius 2 is 2.16 bits per heavy atom. The van der Waals surface area contributed by atoms with E-state index < -0.39 is 11.5 Å². The van der Waals surface area contributed by atoms with E-state index in [4.69, 9.17) is 5.73 Å². The maximum absolute atomic E-state index is 11.9. The van der Waals surface area contributed by atoms with Crippen LogP contribution in [-0.2, 0) is 22.7 Å². The number of carboxylic acids is 1. The zero-order valence-electron chi connectivity index (χ0n) is 10.5. The molecular formula is C11H17N5O3. The van der Waals surface area contributed by atoms with Gasteiger partial charge in [-0.05, 0) is 12.8 Å². The average Bonchev–Trinajstić information content (AvgIpc) is 2.98. The summed E-state index contributed by atoms with van der Waals surface area (Å²) in [4.78, 5) is 23.2. The number of nitrogens with zero attached hydrogens (tertiary/aromatic N) is 3. The van der Waals surface area contributed by atoms with E-state index in [1.54, 1.807) is 6.20 Å². The summed E-state index contributed by atoms with van der Waals surface area (Å²) in [5.74, 6) is -1.35. The van der Waals surface area contributed by atoms with Crippen molar-refractivity contribution < 1.29 is 14.7 Å². The van der Waals surface area contributed by atoms with E-state index in [1.807, 2.05) is 0 Å². The molecule has 0 spiro atoms. The van der Waals surface area contributed by atoms with E-state index in [2.05, 4.69) is 15.6 Å². The third-order valence-corrected chi connectivity index (χ3v) is 3.35. The van der Waals surface area contributed by atoms with Gasteiger partial charge in [0.05, 0.1) is 11.9 Å². The second kappa shape index (κ2) is 5.35. The highest BCUT2D eigenvalue weighted by Gasteiger charge is 2.42. The van der Waals surface area contributed by atoms with Gasteiger partial charge in [-0.25, -0.2) is 9.48 Å². The van der Waals surface area contributed by atoms with Crippen LogP contribution < -0.4 is 11.1 Å². The van der Waals surface area contributed by atoms with Crippen LogP contribution in [0.15, 0.2) is 6.20 Å². The molecule has 8 heteroatoms. The van der Waals surface area contributed by atoms with Gasteiger partial charge < -0.3 is 16.2 Å². The Morgan fingerprint density at radius 3 is 2.68 bits per heavy atom. The largest absolute Gasteiger partial charge is 0.480 e. The molecule has 2 rings (SSSR count). The Hall–Kier alpha value is -1.96. The fraction of sp³-hybridized carbons (Fsp3) is 0.636. The topological polar surface area (TPSA) is 123 Å². The standard InChI is InChI=1S/C11H17N5O3/c12-5-8-6-16(15-14-8)7-9(17)13-11(10(18)19)3-1-2-4-11/h6H,1-5,7,12H2,(H,13,17)(H,18,19). The zero-order chi connectivity index (χ0) is 13.9. The van der Waals surface area contributed by atoms with Crippen LogP contribution in [0.3, 0.4) is 0 Å². The minimum atomic E-state index is -1.12. The molecule has 1 amide bonds. The predicted molar refractivity (Wildman–Crippen MR) is 64.9 cm³/mol. The van der Waals surface area contributed by atoms with Gasteiger partial charge in [0, 0.05) is 6.54 Å². The van der Waals surface area contributed by atoms with Crippen LogP contribution in [-0.4, -0.2) is 37.5 Å². The lowest BCUT2D eigenvalue weighted by molar-refractivity contribution is -0.147. The number of nitrogens with one attached hydrogen (secondary N) is 1. The molecule has 1 aromatic rings. The van der Waals surface area contributed by atoms with E-state index in [0.717, 1.165) is 12.8 Å². The molecule has 104 valence electrons. The first-order valence-corrected chi connectivity index (χ1v) is 6.19. The number of aliphatic carboxylic acids is 1. The van der Waals surface area contributed by atoms with Crippen molar-refractivity contribution in [1.29, 1.82) is 0 Å². The number of nitrogens with two attached hydrogens (primary N) is 1. The summed E-state index contributed by atoms with van der Waals surface area (Å²) in [6.45, 7) is 0.197. The third kappa shape index (κ3) is 2.90. The number of carboxylic acid groups (broad SMARTS) is 1. The predicted octanol–water partition coefficient (Wildman–Crippen LogP) is -0.750. The lowest BCUT2D eigenvalue weighted by Crippen LogP contribution is -2.53. The van der Waals surface area contributed by atoms with E-state index in [-0.39, 0.29) is 19.0 Å². The molecule has 0 aromatic carbocycles. The first kappa shape index (κ1) is 13.5. The van der Waals surface area contributed by atoms with Gasteiger partial charge in [-0.1, -0.05) is 18.1 Å². The quantitative estimate of drug-likeness (QED) is 0.645. The van der Waals surface area contributed by atoms with Gasteiger partial charge in [-0.2, -0.15) is 0 Å². The lowest BCUT2D eigenvalue weighted by atomic mass is 9.98. The number of carbonyl (C=O) groups is 2. The van der Waals surface area contributed by atoms with Gasteiger partial charge in [0.25, 0.3) is 0 Å². The Kier molecular flexibility index (Phi) is 3.79. The van der Waals surface area contributed by atoms with Crippen LogP contribution in [0.25, 0.3) is 0 Å². The highest BCUT2D eigenvalue weighted by atomic mass is 16.4. The number of amides is 1. The van der Waals surface area contributed by atoms with Crippen molar-refractivity contribution in [2.75, 3.05) is 0 Å². The summed E-state index contributed by atoms with van der Waals surface area (Å²) in [6, 6.07) is 0. The fourth-order valence-electron chi connectivity index (χ4n) is 2.33. The second-order valence-electron chi connectivity index (χ2n) is 4.75. The summed E-state index contributed by atoms with van der Waals surface area (Å²) < 4.78 is 1.35. The molecule has 0 saturated heterocycles. The zero-order valence-corrected chi connectivity index (χ0v) is 10.5. The third-order valence-electron chi connectivity index (χ3n) is 3.35. The van der Waals surface area contributed by atoms with E-state index in [9.17, 15) is 14.7 Å². The molecular weight excluding hydrogens is 250 g/mol.